The van der Waals surface area contributed by atoms with Gasteiger partial charge >= 0.3 is 0 Å². The third kappa shape index (κ3) is 34.8. The molecule has 0 spiro atoms. The van der Waals surface area contributed by atoms with E-state index in [1.165, 1.54) is 103 Å². The number of carbonyl (C=O) groups excluding carboxylic acids is 1. The molecule has 79 heavy (non-hydrogen) atoms. The molecule has 2 rings (SSSR count). The number of allylic oxidation sites excluding steroid dienone is 15. The van der Waals surface area contributed by atoms with Gasteiger partial charge in [-0.2, -0.15) is 0 Å². The topological polar surface area (TPSA) is 228 Å². The van der Waals surface area contributed by atoms with Crippen molar-refractivity contribution in [2.24, 2.45) is 0 Å². The fourth-order valence-electron chi connectivity index (χ4n) is 9.55. The molecule has 0 saturated carbocycles. The van der Waals surface area contributed by atoms with Crippen LogP contribution in [0.5, 0.6) is 0 Å². The fourth-order valence-corrected chi connectivity index (χ4v) is 9.55. The molecule has 2 saturated heterocycles. The summed E-state index contributed by atoms with van der Waals surface area (Å²) in [4.78, 5) is 13.1. The number of ether oxygens (including phenoxy) is 4. The van der Waals surface area contributed by atoms with Crippen LogP contribution < -0.4 is 5.32 Å². The molecule has 0 aromatic carbocycles. The van der Waals surface area contributed by atoms with Gasteiger partial charge in [0.05, 0.1) is 32.0 Å². The second-order valence-corrected chi connectivity index (χ2v) is 21.5. The number of aliphatic hydroxyl groups excluding tert-OH is 8. The van der Waals surface area contributed by atoms with Crippen molar-refractivity contribution in [1.29, 1.82) is 0 Å². The Bertz CT molecular complexity index is 1690. The van der Waals surface area contributed by atoms with Crippen LogP contribution in [0.3, 0.4) is 0 Å². The van der Waals surface area contributed by atoms with E-state index in [9.17, 15) is 45.6 Å². The number of nitrogens with one attached hydrogen (secondary N) is 1. The van der Waals surface area contributed by atoms with Crippen LogP contribution in [0.25, 0.3) is 0 Å². The number of hydrogen-bond acceptors (Lipinski definition) is 13. The summed E-state index contributed by atoms with van der Waals surface area (Å²) in [5.74, 6) is -0.250. The Kier molecular flexibility index (Phi) is 45.1. The number of rotatable bonds is 48. The normalized spacial score (nSPS) is 25.1. The first-order valence-corrected chi connectivity index (χ1v) is 31.0. The van der Waals surface area contributed by atoms with Gasteiger partial charge in [0.25, 0.3) is 0 Å². The predicted molar refractivity (Wildman–Crippen MR) is 318 cm³/mol. The van der Waals surface area contributed by atoms with Crippen LogP contribution >= 0.6 is 0 Å². The van der Waals surface area contributed by atoms with Crippen LogP contribution in [0.15, 0.2) is 97.2 Å². The number of aliphatic hydroxyl groups is 8. The number of hydrogen-bond donors (Lipinski definition) is 9. The van der Waals surface area contributed by atoms with E-state index in [4.69, 9.17) is 18.9 Å². The van der Waals surface area contributed by atoms with Gasteiger partial charge < -0.3 is 65.1 Å². The van der Waals surface area contributed by atoms with Crippen molar-refractivity contribution < 1.29 is 64.6 Å². The molecular formula is C65H111NO13. The first-order valence-electron chi connectivity index (χ1n) is 31.0. The van der Waals surface area contributed by atoms with Gasteiger partial charge in [-0.25, -0.2) is 0 Å². The Balaban J connectivity index is 1.46. The van der Waals surface area contributed by atoms with Gasteiger partial charge in [-0.3, -0.25) is 4.79 Å². The van der Waals surface area contributed by atoms with E-state index in [0.29, 0.717) is 6.42 Å². The third-order valence-electron chi connectivity index (χ3n) is 14.5. The second kappa shape index (κ2) is 49.5. The van der Waals surface area contributed by atoms with Crippen molar-refractivity contribution in [3.05, 3.63) is 97.2 Å². The molecule has 0 bridgehead atoms. The molecule has 14 nitrogen and oxygen atoms in total. The van der Waals surface area contributed by atoms with E-state index < -0.39 is 86.8 Å². The van der Waals surface area contributed by atoms with Crippen molar-refractivity contribution in [3.8, 4) is 0 Å². The highest BCUT2D eigenvalue weighted by Crippen LogP contribution is 2.30. The summed E-state index contributed by atoms with van der Waals surface area (Å²) < 4.78 is 22.6. The molecule has 0 radical (unpaired) electrons. The van der Waals surface area contributed by atoms with E-state index in [2.05, 4.69) is 104 Å². The van der Waals surface area contributed by atoms with Crippen LogP contribution in [0.1, 0.15) is 213 Å². The molecule has 454 valence electrons. The van der Waals surface area contributed by atoms with Crippen LogP contribution in [0, 0.1) is 0 Å². The Morgan fingerprint density at radius 2 is 0.873 bits per heavy atom. The van der Waals surface area contributed by atoms with Gasteiger partial charge in [0.1, 0.15) is 48.8 Å². The van der Waals surface area contributed by atoms with E-state index in [0.717, 1.165) is 83.5 Å². The van der Waals surface area contributed by atoms with Gasteiger partial charge in [-0.15, -0.1) is 0 Å². The van der Waals surface area contributed by atoms with Crippen LogP contribution in [0.4, 0.5) is 0 Å². The molecule has 12 atom stereocenters. The van der Waals surface area contributed by atoms with Crippen LogP contribution in [-0.2, 0) is 23.7 Å². The summed E-state index contributed by atoms with van der Waals surface area (Å²) in [5.41, 5.74) is 0. The van der Waals surface area contributed by atoms with Crippen molar-refractivity contribution in [2.45, 2.75) is 286 Å². The molecule has 0 aliphatic carbocycles. The van der Waals surface area contributed by atoms with Gasteiger partial charge in [-0.05, 0) is 70.6 Å². The second-order valence-electron chi connectivity index (χ2n) is 21.5. The Morgan fingerprint density at radius 1 is 0.468 bits per heavy atom. The predicted octanol–water partition coefficient (Wildman–Crippen LogP) is 11.1. The highest BCUT2D eigenvalue weighted by Gasteiger charge is 2.51. The lowest BCUT2D eigenvalue weighted by molar-refractivity contribution is -0.359. The van der Waals surface area contributed by atoms with E-state index >= 15 is 0 Å². The summed E-state index contributed by atoms with van der Waals surface area (Å²) in [6.07, 6.45) is 53.0. The molecule has 14 heteroatoms. The molecule has 2 aliphatic heterocycles. The summed E-state index contributed by atoms with van der Waals surface area (Å²) in [6, 6.07) is -0.912. The summed E-state index contributed by atoms with van der Waals surface area (Å²) >= 11 is 0. The zero-order chi connectivity index (χ0) is 57.4. The molecule has 0 aromatic heterocycles. The Hall–Kier alpha value is -3.09. The molecule has 1 amide bonds. The van der Waals surface area contributed by atoms with E-state index in [-0.39, 0.29) is 18.9 Å². The highest BCUT2D eigenvalue weighted by molar-refractivity contribution is 5.76. The van der Waals surface area contributed by atoms with Crippen molar-refractivity contribution >= 4 is 5.91 Å². The summed E-state index contributed by atoms with van der Waals surface area (Å²) in [6.45, 7) is 2.50. The lowest BCUT2D eigenvalue weighted by Crippen LogP contribution is -2.65. The monoisotopic (exact) mass is 1110 g/mol. The van der Waals surface area contributed by atoms with E-state index in [1.54, 1.807) is 6.08 Å². The Labute approximate surface area is 477 Å². The molecule has 2 fully saturated rings. The van der Waals surface area contributed by atoms with Gasteiger partial charge in [-0.1, -0.05) is 233 Å². The van der Waals surface area contributed by atoms with Gasteiger partial charge in [0.15, 0.2) is 12.6 Å². The van der Waals surface area contributed by atoms with Crippen molar-refractivity contribution in [3.63, 3.8) is 0 Å². The lowest BCUT2D eigenvalue weighted by Gasteiger charge is -2.46. The first kappa shape index (κ1) is 72.0. The molecule has 9 N–H and O–H groups in total. The molecule has 2 aliphatic rings. The maximum Gasteiger partial charge on any atom is 0.220 e. The minimum Gasteiger partial charge on any atom is -0.394 e. The molecule has 0 aromatic rings. The minimum atomic E-state index is -1.79. The lowest BCUT2D eigenvalue weighted by atomic mass is 9.97. The Morgan fingerprint density at radius 3 is 1.33 bits per heavy atom. The number of unbranched alkanes of at least 4 members (excludes halogenated alkanes) is 21. The third-order valence-corrected chi connectivity index (χ3v) is 14.5. The fraction of sp³-hybridized carbons (Fsp3) is 0.738. The van der Waals surface area contributed by atoms with Gasteiger partial charge in [0.2, 0.25) is 5.91 Å². The smallest absolute Gasteiger partial charge is 0.220 e. The number of carbonyl (C=O) groups is 1. The first-order chi connectivity index (χ1) is 38.6. The minimum absolute atomic E-state index is 0.250. The molecule has 12 unspecified atom stereocenters. The zero-order valence-electron chi connectivity index (χ0n) is 48.8. The molecule has 2 heterocycles. The number of amides is 1. The van der Waals surface area contributed by atoms with Crippen molar-refractivity contribution in [1.82, 2.24) is 5.32 Å². The standard InChI is InChI=1S/C65H111NO13/c1-3-5-7-9-10-11-12-13-14-15-16-17-18-19-20-21-22-23-24-25-26-27-28-29-30-31-32-33-34-35-36-37-38-39-40-41-42-43-44-45-47-49-57(70)66-53(54(69)48-46-8-6-4-2)52-76-64-62(75)60(73)63(56(51-68)78-64)79-65-61(74)59(72)58(71)55(50-67)77-65/h5,7,10-11,13-14,16-17,19-20,22-23,25-26,46,48,53-56,58-65,67-69,71-75H,3-4,6,8-9,12,15,18,21,24,27-45,47,49-52H2,1-2H3,(H,66,70)/b7-5-,11-10-,14-13-,17-16-,20-19-,23-22-,26-25-,48-46+. The highest BCUT2D eigenvalue weighted by atomic mass is 16.7. The van der Waals surface area contributed by atoms with Gasteiger partial charge in [0, 0.05) is 6.42 Å². The molecular weight excluding hydrogens is 1000 g/mol. The van der Waals surface area contributed by atoms with E-state index in [1.807, 2.05) is 6.08 Å². The summed E-state index contributed by atoms with van der Waals surface area (Å²) in [7, 11) is 0. The SMILES string of the molecule is CC/C=C\C/C=C\C/C=C\C/C=C\C/C=C\C/C=C\C/C=C\CCCCCCCCCCCCCCCCCCCCCC(=O)NC(COC1OC(CO)C(OC2OC(CO)C(O)C(O)C2O)C(O)C1O)C(O)/C=C/CCCC. The maximum absolute atomic E-state index is 13.1. The average molecular weight is 1110 g/mol. The quantitative estimate of drug-likeness (QED) is 0.0204. The zero-order valence-corrected chi connectivity index (χ0v) is 48.8. The van der Waals surface area contributed by atoms with Crippen LogP contribution in [-0.4, -0.2) is 140 Å². The summed E-state index contributed by atoms with van der Waals surface area (Å²) in [5, 5.41) is 86.2. The average Bonchev–Trinajstić information content (AvgIpc) is 3.45. The maximum atomic E-state index is 13.1. The van der Waals surface area contributed by atoms with Crippen LogP contribution in [0.2, 0.25) is 0 Å². The largest absolute Gasteiger partial charge is 0.394 e. The van der Waals surface area contributed by atoms with Crippen molar-refractivity contribution in [2.75, 3.05) is 19.8 Å².